The van der Waals surface area contributed by atoms with Gasteiger partial charge in [-0.1, -0.05) is 22.9 Å². The van der Waals surface area contributed by atoms with Crippen LogP contribution in [0.3, 0.4) is 0 Å². The molecule has 20 heavy (non-hydrogen) atoms. The van der Waals surface area contributed by atoms with Crippen LogP contribution in [0.15, 0.2) is 4.21 Å². The van der Waals surface area contributed by atoms with Gasteiger partial charge in [0.1, 0.15) is 6.04 Å². The van der Waals surface area contributed by atoms with Crippen molar-refractivity contribution in [1.82, 2.24) is 9.29 Å². The number of halogens is 1. The van der Waals surface area contributed by atoms with E-state index in [4.69, 9.17) is 16.3 Å². The van der Waals surface area contributed by atoms with E-state index in [1.807, 2.05) is 0 Å². The normalized spacial score (nSPS) is 20.9. The average molecular weight is 339 g/mol. The predicted molar refractivity (Wildman–Crippen MR) is 75.4 cm³/mol. The topological polar surface area (TPSA) is 76.6 Å². The van der Waals surface area contributed by atoms with E-state index in [1.165, 1.54) is 11.4 Å². The zero-order valence-corrected chi connectivity index (χ0v) is 13.5. The van der Waals surface area contributed by atoms with Gasteiger partial charge in [0.15, 0.2) is 8.68 Å². The first-order chi connectivity index (χ1) is 9.37. The zero-order chi connectivity index (χ0) is 14.9. The molecule has 9 heteroatoms. The van der Waals surface area contributed by atoms with Gasteiger partial charge in [-0.15, -0.1) is 0 Å². The third kappa shape index (κ3) is 2.83. The molecule has 112 valence electrons. The van der Waals surface area contributed by atoms with Crippen molar-refractivity contribution in [3.05, 3.63) is 10.2 Å². The number of carbonyl (C=O) groups excluding carboxylic acids is 1. The van der Waals surface area contributed by atoms with Crippen molar-refractivity contribution >= 4 is 38.9 Å². The van der Waals surface area contributed by atoms with E-state index < -0.39 is 22.0 Å². The molecule has 6 nitrogen and oxygen atoms in total. The number of hydrogen-bond acceptors (Lipinski definition) is 6. The Kier molecular flexibility index (Phi) is 4.68. The van der Waals surface area contributed by atoms with E-state index in [9.17, 15) is 13.2 Å². The molecule has 0 aromatic carbocycles. The fourth-order valence-corrected chi connectivity index (χ4v) is 5.76. The summed E-state index contributed by atoms with van der Waals surface area (Å²) in [7, 11) is -2.51. The molecule has 1 atom stereocenters. The quantitative estimate of drug-likeness (QED) is 0.786. The molecule has 1 aromatic heterocycles. The Balaban J connectivity index is 2.40. The highest BCUT2D eigenvalue weighted by Crippen LogP contribution is 2.32. The van der Waals surface area contributed by atoms with Gasteiger partial charge in [0.2, 0.25) is 0 Å². The third-order valence-electron chi connectivity index (χ3n) is 3.20. The number of esters is 1. The number of carbonyl (C=O) groups is 1. The van der Waals surface area contributed by atoms with Crippen LogP contribution in [0.25, 0.3) is 0 Å². The molecular weight excluding hydrogens is 324 g/mol. The molecule has 1 aliphatic heterocycles. The molecule has 0 aliphatic carbocycles. The Morgan fingerprint density at radius 2 is 2.20 bits per heavy atom. The highest BCUT2D eigenvalue weighted by Gasteiger charge is 2.40. The molecule has 1 fully saturated rings. The van der Waals surface area contributed by atoms with Crippen molar-refractivity contribution in [2.45, 2.75) is 36.4 Å². The summed E-state index contributed by atoms with van der Waals surface area (Å²) in [5, 5.41) is 0. The number of methoxy groups -OCH3 is 1. The van der Waals surface area contributed by atoms with Gasteiger partial charge in [0, 0.05) is 6.54 Å². The summed E-state index contributed by atoms with van der Waals surface area (Å²) in [5.41, 5.74) is 0.356. The smallest absolute Gasteiger partial charge is 0.324 e. The Bertz CT molecular complexity index is 614. The maximum Gasteiger partial charge on any atom is 0.324 e. The number of aromatic nitrogens is 1. The summed E-state index contributed by atoms with van der Waals surface area (Å²) in [4.78, 5) is 15.7. The van der Waals surface area contributed by atoms with Crippen molar-refractivity contribution in [2.24, 2.45) is 0 Å². The Labute approximate surface area is 126 Å². The van der Waals surface area contributed by atoms with Crippen LogP contribution < -0.4 is 0 Å². The van der Waals surface area contributed by atoms with Crippen molar-refractivity contribution in [3.8, 4) is 0 Å². The molecule has 0 N–H and O–H groups in total. The van der Waals surface area contributed by atoms with E-state index in [0.717, 1.165) is 24.2 Å². The van der Waals surface area contributed by atoms with Crippen LogP contribution in [0.1, 0.15) is 25.0 Å². The molecule has 1 aromatic rings. The van der Waals surface area contributed by atoms with Gasteiger partial charge in [0.25, 0.3) is 10.0 Å². The second-order valence-corrected chi connectivity index (χ2v) is 8.16. The Hall–Kier alpha value is -0.700. The molecule has 0 radical (unpaired) electrons. The van der Waals surface area contributed by atoms with Gasteiger partial charge in [-0.3, -0.25) is 4.79 Å². The van der Waals surface area contributed by atoms with Gasteiger partial charge in [-0.2, -0.15) is 4.31 Å². The summed E-state index contributed by atoms with van der Waals surface area (Å²) in [6.45, 7) is 1.89. The van der Waals surface area contributed by atoms with Crippen LogP contribution in [0.4, 0.5) is 0 Å². The first kappa shape index (κ1) is 15.7. The van der Waals surface area contributed by atoms with E-state index in [-0.39, 0.29) is 8.68 Å². The van der Waals surface area contributed by atoms with Crippen LogP contribution in [-0.2, 0) is 19.6 Å². The van der Waals surface area contributed by atoms with E-state index in [2.05, 4.69) is 4.98 Å². The minimum atomic E-state index is -3.77. The molecule has 1 saturated heterocycles. The minimum Gasteiger partial charge on any atom is -0.468 e. The molecule has 1 aliphatic rings. The monoisotopic (exact) mass is 338 g/mol. The second-order valence-electron chi connectivity index (χ2n) is 4.49. The maximum absolute atomic E-state index is 12.7. The molecular formula is C11H15ClN2O4S2. The Morgan fingerprint density at radius 3 is 2.75 bits per heavy atom. The third-order valence-corrected chi connectivity index (χ3v) is 6.95. The summed E-state index contributed by atoms with van der Waals surface area (Å²) in [6, 6.07) is -0.765. The van der Waals surface area contributed by atoms with Crippen molar-refractivity contribution in [1.29, 1.82) is 0 Å². The predicted octanol–water partition coefficient (Wildman–Crippen LogP) is 1.82. The highest BCUT2D eigenvalue weighted by atomic mass is 35.5. The van der Waals surface area contributed by atoms with Crippen LogP contribution >= 0.6 is 22.9 Å². The molecule has 0 amide bonds. The molecule has 0 bridgehead atoms. The van der Waals surface area contributed by atoms with Crippen molar-refractivity contribution in [3.63, 3.8) is 0 Å². The first-order valence-electron chi connectivity index (χ1n) is 6.10. The fraction of sp³-hybridized carbons (Fsp3) is 0.636. The van der Waals surface area contributed by atoms with Crippen LogP contribution in [0.5, 0.6) is 0 Å². The second kappa shape index (κ2) is 5.97. The number of rotatable bonds is 3. The van der Waals surface area contributed by atoms with E-state index >= 15 is 0 Å². The van der Waals surface area contributed by atoms with Crippen molar-refractivity contribution < 1.29 is 17.9 Å². The zero-order valence-electron chi connectivity index (χ0n) is 11.1. The van der Waals surface area contributed by atoms with Gasteiger partial charge >= 0.3 is 5.97 Å². The summed E-state index contributed by atoms with van der Waals surface area (Å²) >= 11 is 6.68. The Morgan fingerprint density at radius 1 is 1.50 bits per heavy atom. The van der Waals surface area contributed by atoms with Crippen LogP contribution in [0, 0.1) is 6.92 Å². The number of thiazole rings is 1. The number of aryl methyl sites for hydroxylation is 1. The average Bonchev–Trinajstić information content (AvgIpc) is 2.77. The minimum absolute atomic E-state index is 0.0957. The lowest BCUT2D eigenvalue weighted by molar-refractivity contribution is -0.146. The van der Waals surface area contributed by atoms with Gasteiger partial charge in [-0.25, -0.2) is 13.4 Å². The summed E-state index contributed by atoms with van der Waals surface area (Å²) in [5.74, 6) is -0.526. The van der Waals surface area contributed by atoms with E-state index in [1.54, 1.807) is 6.92 Å². The lowest BCUT2D eigenvalue weighted by Gasteiger charge is -2.32. The largest absolute Gasteiger partial charge is 0.468 e. The van der Waals surface area contributed by atoms with Gasteiger partial charge < -0.3 is 4.74 Å². The maximum atomic E-state index is 12.7. The lowest BCUT2D eigenvalue weighted by Crippen LogP contribution is -2.48. The number of piperidine rings is 1. The SMILES string of the molecule is COC(=O)C1CCCCN1S(=O)(=O)c1sc(Cl)nc1C. The van der Waals surface area contributed by atoms with E-state index in [0.29, 0.717) is 18.7 Å². The van der Waals surface area contributed by atoms with Gasteiger partial charge in [0.05, 0.1) is 12.8 Å². The highest BCUT2D eigenvalue weighted by molar-refractivity contribution is 7.91. The van der Waals surface area contributed by atoms with Crippen molar-refractivity contribution in [2.75, 3.05) is 13.7 Å². The molecule has 1 unspecified atom stereocenters. The van der Waals surface area contributed by atoms with Crippen LogP contribution in [0.2, 0.25) is 4.47 Å². The fourth-order valence-electron chi connectivity index (χ4n) is 2.26. The molecule has 0 saturated carbocycles. The van der Waals surface area contributed by atoms with Crippen LogP contribution in [-0.4, -0.2) is 43.4 Å². The molecule has 0 spiro atoms. The first-order valence-corrected chi connectivity index (χ1v) is 8.74. The lowest BCUT2D eigenvalue weighted by atomic mass is 10.1. The number of hydrogen-bond donors (Lipinski definition) is 0. The molecule has 2 rings (SSSR count). The number of sulfonamides is 1. The molecule has 2 heterocycles. The summed E-state index contributed by atoms with van der Waals surface area (Å²) in [6.07, 6.45) is 1.99. The van der Waals surface area contributed by atoms with Gasteiger partial charge in [-0.05, 0) is 26.2 Å². The number of nitrogens with zero attached hydrogens (tertiary/aromatic N) is 2. The summed E-state index contributed by atoms with van der Waals surface area (Å²) < 4.78 is 31.5. The number of ether oxygens (including phenoxy) is 1. The standard InChI is InChI=1S/C11H15ClN2O4S2/c1-7-10(19-11(12)13-7)20(16,17)14-6-4-3-5-8(14)9(15)18-2/h8H,3-6H2,1-2H3.